The van der Waals surface area contributed by atoms with Crippen LogP contribution in [0.15, 0.2) is 60.8 Å². The highest BCUT2D eigenvalue weighted by atomic mass is 16.3. The number of carbonyl (C=O) groups excluding carboxylic acids is 1. The van der Waals surface area contributed by atoms with Gasteiger partial charge in [0.2, 0.25) is 5.91 Å². The average Bonchev–Trinajstić information content (AvgIpc) is 3.45. The van der Waals surface area contributed by atoms with Gasteiger partial charge in [0.25, 0.3) is 0 Å². The molecular formula is C72H135NO5. The van der Waals surface area contributed by atoms with E-state index in [1.54, 1.807) is 0 Å². The van der Waals surface area contributed by atoms with Crippen molar-refractivity contribution in [2.45, 2.75) is 385 Å². The summed E-state index contributed by atoms with van der Waals surface area (Å²) in [5.74, 6) is -0.596. The van der Waals surface area contributed by atoms with Gasteiger partial charge in [-0.25, -0.2) is 0 Å². The molecule has 0 heterocycles. The summed E-state index contributed by atoms with van der Waals surface area (Å²) in [6.07, 6.45) is 87.7. The van der Waals surface area contributed by atoms with Crippen molar-refractivity contribution in [3.63, 3.8) is 0 Å². The maximum Gasteiger partial charge on any atom is 0.249 e. The summed E-state index contributed by atoms with van der Waals surface area (Å²) in [4.78, 5) is 12.7. The molecule has 0 bridgehead atoms. The van der Waals surface area contributed by atoms with Crippen LogP contribution in [0.1, 0.15) is 361 Å². The normalized spacial score (nSPS) is 13.9. The van der Waals surface area contributed by atoms with Gasteiger partial charge >= 0.3 is 0 Å². The van der Waals surface area contributed by atoms with Crippen molar-refractivity contribution in [1.29, 1.82) is 0 Å². The van der Waals surface area contributed by atoms with Crippen molar-refractivity contribution in [3.8, 4) is 0 Å². The summed E-state index contributed by atoms with van der Waals surface area (Å²) >= 11 is 0. The van der Waals surface area contributed by atoms with Crippen molar-refractivity contribution in [3.05, 3.63) is 60.8 Å². The predicted molar refractivity (Wildman–Crippen MR) is 343 cm³/mol. The molecule has 0 rings (SSSR count). The van der Waals surface area contributed by atoms with E-state index in [9.17, 15) is 25.2 Å². The van der Waals surface area contributed by atoms with Crippen LogP contribution in [0.5, 0.6) is 0 Å². The quantitative estimate of drug-likeness (QED) is 0.0308. The summed E-state index contributed by atoms with van der Waals surface area (Å²) in [7, 11) is 0. The molecule has 5 N–H and O–H groups in total. The smallest absolute Gasteiger partial charge is 0.249 e. The zero-order valence-electron chi connectivity index (χ0n) is 52.2. The number of amides is 1. The van der Waals surface area contributed by atoms with Crippen LogP contribution in [0.25, 0.3) is 0 Å². The molecule has 0 saturated heterocycles. The molecule has 0 aromatic heterocycles. The second-order valence-corrected chi connectivity index (χ2v) is 23.8. The summed E-state index contributed by atoms with van der Waals surface area (Å²) < 4.78 is 0. The minimum atomic E-state index is -1.30. The van der Waals surface area contributed by atoms with Crippen molar-refractivity contribution >= 4 is 5.91 Å². The van der Waals surface area contributed by atoms with E-state index >= 15 is 0 Å². The molecule has 78 heavy (non-hydrogen) atoms. The third-order valence-electron chi connectivity index (χ3n) is 16.2. The largest absolute Gasteiger partial charge is 0.394 e. The maximum atomic E-state index is 12.7. The van der Waals surface area contributed by atoms with E-state index in [4.69, 9.17) is 0 Å². The van der Waals surface area contributed by atoms with Gasteiger partial charge in [0.1, 0.15) is 12.2 Å². The van der Waals surface area contributed by atoms with Crippen molar-refractivity contribution in [2.24, 2.45) is 0 Å². The third kappa shape index (κ3) is 58.7. The fourth-order valence-corrected chi connectivity index (χ4v) is 10.8. The van der Waals surface area contributed by atoms with Gasteiger partial charge < -0.3 is 25.7 Å². The van der Waals surface area contributed by atoms with E-state index in [0.717, 1.165) is 57.8 Å². The Morgan fingerprint density at radius 3 is 0.885 bits per heavy atom. The van der Waals surface area contributed by atoms with Gasteiger partial charge in [-0.1, -0.05) is 325 Å². The zero-order valence-corrected chi connectivity index (χ0v) is 52.2. The van der Waals surface area contributed by atoms with Gasteiger partial charge in [-0.3, -0.25) is 4.79 Å². The second kappa shape index (κ2) is 65.8. The third-order valence-corrected chi connectivity index (χ3v) is 16.2. The summed E-state index contributed by atoms with van der Waals surface area (Å²) in [6.45, 7) is 4.08. The SMILES string of the molecule is CCCCCCCCCCCCC/C=C\C/C=C\CCCCCCCCCCCCCCCCCCC(O)C(=O)NC(CO)C(O)C(O)CCC/C=C/CC/C=C/CC/C=C/CCCCCCCCCCCCCCCCC. The lowest BCUT2D eigenvalue weighted by atomic mass is 10.00. The maximum absolute atomic E-state index is 12.7. The van der Waals surface area contributed by atoms with E-state index in [-0.39, 0.29) is 0 Å². The highest BCUT2D eigenvalue weighted by Gasteiger charge is 2.28. The fraction of sp³-hybridized carbons (Fsp3) is 0.847. The van der Waals surface area contributed by atoms with Gasteiger partial charge in [-0.05, 0) is 96.3 Å². The molecule has 6 nitrogen and oxygen atoms in total. The second-order valence-electron chi connectivity index (χ2n) is 23.8. The molecule has 0 aromatic carbocycles. The first-order valence-electron chi connectivity index (χ1n) is 34.7. The van der Waals surface area contributed by atoms with Gasteiger partial charge in [-0.2, -0.15) is 0 Å². The van der Waals surface area contributed by atoms with E-state index in [1.807, 2.05) is 0 Å². The lowest BCUT2D eigenvalue weighted by molar-refractivity contribution is -0.132. The Labute approximate surface area is 486 Å². The molecule has 0 spiro atoms. The van der Waals surface area contributed by atoms with Crippen LogP contribution in [0, 0.1) is 0 Å². The van der Waals surface area contributed by atoms with Crippen molar-refractivity contribution in [1.82, 2.24) is 5.32 Å². The van der Waals surface area contributed by atoms with Crippen molar-refractivity contribution < 1.29 is 25.2 Å². The van der Waals surface area contributed by atoms with Crippen LogP contribution >= 0.6 is 0 Å². The molecule has 4 unspecified atom stereocenters. The van der Waals surface area contributed by atoms with Crippen LogP contribution in [-0.2, 0) is 4.79 Å². The number of hydrogen-bond acceptors (Lipinski definition) is 5. The Bertz CT molecular complexity index is 1320. The first-order chi connectivity index (χ1) is 38.5. The molecule has 0 fully saturated rings. The van der Waals surface area contributed by atoms with Gasteiger partial charge in [-0.15, -0.1) is 0 Å². The number of rotatable bonds is 64. The van der Waals surface area contributed by atoms with Gasteiger partial charge in [0.05, 0.1) is 18.8 Å². The van der Waals surface area contributed by atoms with Gasteiger partial charge in [0, 0.05) is 0 Å². The molecule has 0 aliphatic rings. The molecule has 0 aliphatic heterocycles. The average molecular weight is 1090 g/mol. The number of hydrogen-bond donors (Lipinski definition) is 5. The number of carbonyl (C=O) groups is 1. The first kappa shape index (κ1) is 76.0. The van der Waals surface area contributed by atoms with Crippen LogP contribution in [0.4, 0.5) is 0 Å². The molecule has 0 radical (unpaired) electrons. The van der Waals surface area contributed by atoms with E-state index in [2.05, 4.69) is 79.9 Å². The molecule has 0 aliphatic carbocycles. The van der Waals surface area contributed by atoms with Gasteiger partial charge in [0.15, 0.2) is 0 Å². The number of aliphatic hydroxyl groups excluding tert-OH is 4. The topological polar surface area (TPSA) is 110 Å². The summed E-state index contributed by atoms with van der Waals surface area (Å²) in [5, 5.41) is 44.2. The Balaban J connectivity index is 3.63. The Morgan fingerprint density at radius 2 is 0.577 bits per heavy atom. The molecular weight excluding hydrogens is 959 g/mol. The minimum absolute atomic E-state index is 0.358. The molecule has 6 heteroatoms. The molecule has 0 aromatic rings. The molecule has 1 amide bonds. The fourth-order valence-electron chi connectivity index (χ4n) is 10.8. The lowest BCUT2D eigenvalue weighted by Crippen LogP contribution is -2.53. The first-order valence-corrected chi connectivity index (χ1v) is 34.7. The monoisotopic (exact) mass is 1090 g/mol. The Kier molecular flexibility index (Phi) is 64.1. The van der Waals surface area contributed by atoms with Crippen molar-refractivity contribution in [2.75, 3.05) is 6.61 Å². The number of allylic oxidation sites excluding steroid dienone is 10. The number of aliphatic hydroxyl groups is 4. The summed E-state index contributed by atoms with van der Waals surface area (Å²) in [6, 6.07) is -1.02. The van der Waals surface area contributed by atoms with Crippen LogP contribution in [-0.4, -0.2) is 57.3 Å². The molecule has 4 atom stereocenters. The van der Waals surface area contributed by atoms with E-state index in [1.165, 1.54) is 270 Å². The van der Waals surface area contributed by atoms with Crippen LogP contribution in [0.3, 0.4) is 0 Å². The Morgan fingerprint density at radius 1 is 0.321 bits per heavy atom. The highest BCUT2D eigenvalue weighted by Crippen LogP contribution is 2.18. The lowest BCUT2D eigenvalue weighted by Gasteiger charge is -2.27. The molecule has 458 valence electrons. The number of nitrogens with one attached hydrogen (secondary N) is 1. The Hall–Kier alpha value is -1.99. The number of unbranched alkanes of at least 4 members (excludes halogenated alkanes) is 45. The van der Waals surface area contributed by atoms with E-state index in [0.29, 0.717) is 19.3 Å². The predicted octanol–water partition coefficient (Wildman–Crippen LogP) is 21.4. The zero-order chi connectivity index (χ0) is 56.6. The van der Waals surface area contributed by atoms with E-state index < -0.39 is 36.9 Å². The standard InChI is InChI=1S/C72H135NO5/c1-3-5-7-9-11-13-15-17-19-21-23-25-27-29-31-33-34-35-36-37-38-40-42-44-46-48-50-52-54-56-58-60-62-64-66-70(76)72(78)73-68(67-74)71(77)69(75)65-63-61-59-57-55-53-51-49-47-45-43-41-39-32-30-28-26-24-22-20-18-16-14-12-10-8-6-4-2/h27,29,33-34,41,43,49,51,57,59,68-71,74-77H,3-26,28,30-32,35-40,42,44-48,50,52-56,58,60-67H2,1-2H3,(H,73,78)/b29-27-,34-33-,43-41+,51-49+,59-57+. The highest BCUT2D eigenvalue weighted by molar-refractivity contribution is 5.80. The van der Waals surface area contributed by atoms with Crippen LogP contribution in [0.2, 0.25) is 0 Å². The summed E-state index contributed by atoms with van der Waals surface area (Å²) in [5.41, 5.74) is 0. The minimum Gasteiger partial charge on any atom is -0.394 e. The van der Waals surface area contributed by atoms with Crippen LogP contribution < -0.4 is 5.32 Å². The molecule has 0 saturated carbocycles.